The Morgan fingerprint density at radius 2 is 1.92 bits per heavy atom. The molecule has 2 aromatic heterocycles. The second-order valence-corrected chi connectivity index (χ2v) is 6.85. The molecule has 2 heterocycles. The van der Waals surface area contributed by atoms with Crippen LogP contribution in [-0.4, -0.2) is 19.7 Å². The van der Waals surface area contributed by atoms with Crippen LogP contribution in [0.1, 0.15) is 38.8 Å². The molecule has 0 aliphatic rings. The number of hydrogen-bond donors (Lipinski definition) is 2. The van der Waals surface area contributed by atoms with E-state index in [1.165, 1.54) is 11.1 Å². The number of aromatic nitrogens is 4. The minimum absolute atomic E-state index is 0.179. The molecule has 3 rings (SSSR count). The van der Waals surface area contributed by atoms with Crippen LogP contribution in [0.25, 0.3) is 11.0 Å². The van der Waals surface area contributed by atoms with Crippen molar-refractivity contribution in [2.75, 3.05) is 5.32 Å². The van der Waals surface area contributed by atoms with Gasteiger partial charge in [-0.1, -0.05) is 31.2 Å². The van der Waals surface area contributed by atoms with E-state index in [1.807, 2.05) is 32.9 Å². The number of nitrogens with zero attached hydrogens (tertiary/aromatic N) is 3. The monoisotopic (exact) mass is 325 g/mol. The first-order valence-electron chi connectivity index (χ1n) is 8.19. The third-order valence-electron chi connectivity index (χ3n) is 4.02. The number of aromatic amines is 1. The quantitative estimate of drug-likeness (QED) is 0.773. The second kappa shape index (κ2) is 6.11. The second-order valence-electron chi connectivity index (χ2n) is 6.85. The number of anilines is 1. The van der Waals surface area contributed by atoms with E-state index in [2.05, 4.69) is 39.4 Å². The summed E-state index contributed by atoms with van der Waals surface area (Å²) in [6.45, 7) is 8.85. The van der Waals surface area contributed by atoms with Gasteiger partial charge in [-0.25, -0.2) is 4.68 Å². The summed E-state index contributed by atoms with van der Waals surface area (Å²) in [5.74, 6) is 0.462. The predicted molar refractivity (Wildman–Crippen MR) is 96.3 cm³/mol. The maximum Gasteiger partial charge on any atom is 0.263 e. The highest BCUT2D eigenvalue weighted by Gasteiger charge is 2.19. The van der Waals surface area contributed by atoms with Crippen LogP contribution in [-0.2, 0) is 18.5 Å². The molecule has 0 atom stereocenters. The van der Waals surface area contributed by atoms with Crippen molar-refractivity contribution < 1.29 is 0 Å². The van der Waals surface area contributed by atoms with Crippen molar-refractivity contribution in [1.29, 1.82) is 0 Å². The standard InChI is InChI=1S/C18H23N5O/c1-5-12-8-6-7-9-13(12)10-19-17-21-15-14(16(24)22-17)11-20-23(15)18(2,3)4/h6-9,11H,5,10H2,1-4H3,(H2,19,21,22,24). The third-order valence-corrected chi connectivity index (χ3v) is 4.02. The molecule has 0 unspecified atom stereocenters. The molecular formula is C18H23N5O. The Morgan fingerprint density at radius 1 is 1.21 bits per heavy atom. The zero-order valence-electron chi connectivity index (χ0n) is 14.6. The van der Waals surface area contributed by atoms with Crippen LogP contribution in [0.15, 0.2) is 35.3 Å². The lowest BCUT2D eigenvalue weighted by Gasteiger charge is -2.19. The summed E-state index contributed by atoms with van der Waals surface area (Å²) in [6, 6.07) is 8.26. The number of nitrogens with one attached hydrogen (secondary N) is 2. The van der Waals surface area contributed by atoms with Crippen LogP contribution < -0.4 is 10.9 Å². The normalized spacial score (nSPS) is 11.8. The molecule has 0 fully saturated rings. The van der Waals surface area contributed by atoms with Crippen LogP contribution in [0.4, 0.5) is 5.95 Å². The van der Waals surface area contributed by atoms with Crippen LogP contribution in [0.2, 0.25) is 0 Å². The summed E-state index contributed by atoms with van der Waals surface area (Å²) in [5, 5.41) is 8.05. The molecule has 0 aliphatic carbocycles. The van der Waals surface area contributed by atoms with Crippen LogP contribution >= 0.6 is 0 Å². The zero-order valence-corrected chi connectivity index (χ0v) is 14.6. The molecule has 3 aromatic rings. The number of hydrogen-bond acceptors (Lipinski definition) is 4. The third kappa shape index (κ3) is 3.04. The van der Waals surface area contributed by atoms with Crippen molar-refractivity contribution in [3.8, 4) is 0 Å². The topological polar surface area (TPSA) is 75.6 Å². The van der Waals surface area contributed by atoms with Gasteiger partial charge in [-0.3, -0.25) is 9.78 Å². The number of H-pyrrole nitrogens is 1. The highest BCUT2D eigenvalue weighted by Crippen LogP contribution is 2.19. The molecule has 0 aliphatic heterocycles. The Morgan fingerprint density at radius 3 is 2.58 bits per heavy atom. The van der Waals surface area contributed by atoms with E-state index in [1.54, 1.807) is 10.9 Å². The molecule has 126 valence electrons. The molecule has 24 heavy (non-hydrogen) atoms. The average Bonchev–Trinajstić information content (AvgIpc) is 2.98. The van der Waals surface area contributed by atoms with Crippen molar-refractivity contribution in [2.45, 2.75) is 46.2 Å². The first-order valence-corrected chi connectivity index (χ1v) is 8.19. The van der Waals surface area contributed by atoms with Gasteiger partial charge in [0.1, 0.15) is 5.39 Å². The number of fused-ring (bicyclic) bond motifs is 1. The first-order chi connectivity index (χ1) is 11.4. The summed E-state index contributed by atoms with van der Waals surface area (Å²) in [6.07, 6.45) is 2.54. The summed E-state index contributed by atoms with van der Waals surface area (Å²) in [4.78, 5) is 19.6. The summed E-state index contributed by atoms with van der Waals surface area (Å²) < 4.78 is 1.78. The van der Waals surface area contributed by atoms with E-state index in [9.17, 15) is 4.79 Å². The van der Waals surface area contributed by atoms with Crippen molar-refractivity contribution in [2.24, 2.45) is 0 Å². The Kier molecular flexibility index (Phi) is 4.13. The fourth-order valence-corrected chi connectivity index (χ4v) is 2.75. The van der Waals surface area contributed by atoms with E-state index in [4.69, 9.17) is 0 Å². The highest BCUT2D eigenvalue weighted by molar-refractivity contribution is 5.74. The lowest BCUT2D eigenvalue weighted by Crippen LogP contribution is -2.24. The van der Waals surface area contributed by atoms with Crippen LogP contribution in [0.5, 0.6) is 0 Å². The van der Waals surface area contributed by atoms with Gasteiger partial charge in [0.15, 0.2) is 5.65 Å². The Hall–Kier alpha value is -2.63. The Balaban J connectivity index is 1.94. The molecule has 0 bridgehead atoms. The summed E-state index contributed by atoms with van der Waals surface area (Å²) in [7, 11) is 0. The molecule has 0 amide bonds. The van der Waals surface area contributed by atoms with Gasteiger partial charge in [-0.2, -0.15) is 10.1 Å². The van der Waals surface area contributed by atoms with Crippen LogP contribution in [0, 0.1) is 0 Å². The molecule has 0 spiro atoms. The van der Waals surface area contributed by atoms with E-state index in [-0.39, 0.29) is 11.1 Å². The van der Waals surface area contributed by atoms with Gasteiger partial charge in [0.25, 0.3) is 5.56 Å². The van der Waals surface area contributed by atoms with E-state index < -0.39 is 0 Å². The molecule has 6 nitrogen and oxygen atoms in total. The van der Waals surface area contributed by atoms with Crippen molar-refractivity contribution in [3.63, 3.8) is 0 Å². The van der Waals surface area contributed by atoms with Gasteiger partial charge in [-0.15, -0.1) is 0 Å². The zero-order chi connectivity index (χ0) is 17.3. The number of benzene rings is 1. The van der Waals surface area contributed by atoms with Gasteiger partial charge < -0.3 is 5.32 Å². The van der Waals surface area contributed by atoms with Gasteiger partial charge in [-0.05, 0) is 38.3 Å². The van der Waals surface area contributed by atoms with Crippen molar-refractivity contribution in [3.05, 3.63) is 51.9 Å². The average molecular weight is 325 g/mol. The Labute approximate surface area is 140 Å². The first kappa shape index (κ1) is 16.2. The molecule has 1 aromatic carbocycles. The van der Waals surface area contributed by atoms with Gasteiger partial charge >= 0.3 is 0 Å². The fraction of sp³-hybridized carbons (Fsp3) is 0.389. The lowest BCUT2D eigenvalue weighted by atomic mass is 10.1. The van der Waals surface area contributed by atoms with E-state index >= 15 is 0 Å². The van der Waals surface area contributed by atoms with Crippen molar-refractivity contribution >= 4 is 17.0 Å². The Bertz CT molecular complexity index is 917. The van der Waals surface area contributed by atoms with Crippen LogP contribution in [0.3, 0.4) is 0 Å². The number of rotatable bonds is 4. The maximum atomic E-state index is 12.3. The predicted octanol–water partition coefficient (Wildman–Crippen LogP) is 3.05. The largest absolute Gasteiger partial charge is 0.352 e. The van der Waals surface area contributed by atoms with Gasteiger partial charge in [0.05, 0.1) is 11.7 Å². The SMILES string of the molecule is CCc1ccccc1CNc1nc2c(cnn2C(C)(C)C)c(=O)[nH]1. The highest BCUT2D eigenvalue weighted by atomic mass is 16.1. The molecule has 0 radical (unpaired) electrons. The molecule has 0 saturated carbocycles. The van der Waals surface area contributed by atoms with Crippen molar-refractivity contribution in [1.82, 2.24) is 19.7 Å². The molecular weight excluding hydrogens is 302 g/mol. The maximum absolute atomic E-state index is 12.3. The van der Waals surface area contributed by atoms with Gasteiger partial charge in [0.2, 0.25) is 5.95 Å². The summed E-state index contributed by atoms with van der Waals surface area (Å²) >= 11 is 0. The minimum Gasteiger partial charge on any atom is -0.352 e. The minimum atomic E-state index is -0.241. The van der Waals surface area contributed by atoms with E-state index in [0.717, 1.165) is 6.42 Å². The molecule has 0 saturated heterocycles. The smallest absolute Gasteiger partial charge is 0.263 e. The lowest BCUT2D eigenvalue weighted by molar-refractivity contribution is 0.366. The van der Waals surface area contributed by atoms with Gasteiger partial charge in [0, 0.05) is 6.54 Å². The number of aryl methyl sites for hydroxylation is 1. The summed E-state index contributed by atoms with van der Waals surface area (Å²) in [5.41, 5.74) is 2.66. The fourth-order valence-electron chi connectivity index (χ4n) is 2.75. The molecule has 2 N–H and O–H groups in total. The molecule has 6 heteroatoms. The van der Waals surface area contributed by atoms with E-state index in [0.29, 0.717) is 23.5 Å².